The van der Waals surface area contributed by atoms with Crippen molar-refractivity contribution in [2.24, 2.45) is 5.92 Å². The molecule has 4 aromatic rings. The van der Waals surface area contributed by atoms with E-state index < -0.39 is 15.9 Å². The molecule has 10 heteroatoms. The number of sulfonamides is 1. The Balaban J connectivity index is 1.44. The lowest BCUT2D eigenvalue weighted by molar-refractivity contribution is -0.123. The van der Waals surface area contributed by atoms with Crippen molar-refractivity contribution in [2.45, 2.75) is 38.1 Å². The summed E-state index contributed by atoms with van der Waals surface area (Å²) >= 11 is 1.46. The zero-order chi connectivity index (χ0) is 26.2. The number of methoxy groups -OCH3 is 1. The molecule has 0 spiro atoms. The molecule has 1 atom stereocenters. The van der Waals surface area contributed by atoms with Crippen LogP contribution < -0.4 is 9.64 Å². The summed E-state index contributed by atoms with van der Waals surface area (Å²) in [6.07, 6.45) is 2.78. The smallest absolute Gasteiger partial charge is 0.243 e. The lowest BCUT2D eigenvalue weighted by atomic mass is 9.98. The van der Waals surface area contributed by atoms with Crippen LogP contribution in [-0.2, 0) is 21.4 Å². The molecule has 2 aromatic carbocycles. The molecule has 0 N–H and O–H groups in total. The summed E-state index contributed by atoms with van der Waals surface area (Å²) in [6, 6.07) is 14.1. The van der Waals surface area contributed by atoms with Crippen LogP contribution in [0.25, 0.3) is 10.2 Å². The highest BCUT2D eigenvalue weighted by Gasteiger charge is 2.36. The molecule has 1 amide bonds. The van der Waals surface area contributed by atoms with Gasteiger partial charge >= 0.3 is 0 Å². The van der Waals surface area contributed by atoms with E-state index in [2.05, 4.69) is 12.1 Å². The molecule has 0 saturated carbocycles. The summed E-state index contributed by atoms with van der Waals surface area (Å²) in [5.41, 5.74) is 3.06. The number of aryl methyl sites for hydroxylation is 2. The molecule has 1 saturated heterocycles. The number of furan rings is 1. The van der Waals surface area contributed by atoms with E-state index in [1.54, 1.807) is 29.4 Å². The summed E-state index contributed by atoms with van der Waals surface area (Å²) in [5.74, 6) is 0.575. The Hall–Kier alpha value is -3.21. The number of anilines is 1. The van der Waals surface area contributed by atoms with E-state index in [9.17, 15) is 13.2 Å². The summed E-state index contributed by atoms with van der Waals surface area (Å²) in [5, 5.41) is 0.584. The van der Waals surface area contributed by atoms with Crippen LogP contribution in [-0.4, -0.2) is 43.8 Å². The SMILES string of the molecule is COc1ccc(S(=O)(=O)N2CCCC(C(=O)N(Cc3ccco3)c3nc4c(C)cc(C)cc4s3)C2)cc1. The van der Waals surface area contributed by atoms with Crippen LogP contribution in [0.5, 0.6) is 5.75 Å². The van der Waals surface area contributed by atoms with Gasteiger partial charge in [-0.05, 0) is 80.3 Å². The van der Waals surface area contributed by atoms with E-state index in [0.29, 0.717) is 36.0 Å². The number of hydrogen-bond donors (Lipinski definition) is 0. The second kappa shape index (κ2) is 10.3. The topological polar surface area (TPSA) is 93.0 Å². The highest BCUT2D eigenvalue weighted by molar-refractivity contribution is 7.89. The van der Waals surface area contributed by atoms with Gasteiger partial charge < -0.3 is 9.15 Å². The number of carbonyl (C=O) groups excluding carboxylic acids is 1. The summed E-state index contributed by atoms with van der Waals surface area (Å²) in [6.45, 7) is 4.77. The highest BCUT2D eigenvalue weighted by atomic mass is 32.2. The Morgan fingerprint density at radius 2 is 2.00 bits per heavy atom. The van der Waals surface area contributed by atoms with E-state index in [-0.39, 0.29) is 23.9 Å². The number of ether oxygens (including phenoxy) is 1. The fraction of sp³-hybridized carbons (Fsp3) is 0.333. The van der Waals surface area contributed by atoms with Gasteiger partial charge in [-0.1, -0.05) is 17.4 Å². The first-order valence-electron chi connectivity index (χ1n) is 12.1. The van der Waals surface area contributed by atoms with Gasteiger partial charge in [-0.15, -0.1) is 0 Å². The molecule has 1 aliphatic rings. The van der Waals surface area contributed by atoms with Crippen LogP contribution in [0.2, 0.25) is 0 Å². The highest BCUT2D eigenvalue weighted by Crippen LogP contribution is 2.35. The fourth-order valence-electron chi connectivity index (χ4n) is 4.75. The lowest BCUT2D eigenvalue weighted by Gasteiger charge is -2.33. The second-order valence-corrected chi connectivity index (χ2v) is 12.3. The normalized spacial score (nSPS) is 16.7. The maximum absolute atomic E-state index is 14.0. The third-order valence-electron chi connectivity index (χ3n) is 6.64. The molecule has 194 valence electrons. The molecular weight excluding hydrogens is 510 g/mol. The number of amides is 1. The van der Waals surface area contributed by atoms with Crippen LogP contribution in [0.1, 0.15) is 29.7 Å². The largest absolute Gasteiger partial charge is 0.497 e. The van der Waals surface area contributed by atoms with Crippen molar-refractivity contribution in [3.63, 3.8) is 0 Å². The molecule has 5 rings (SSSR count). The number of thiazole rings is 1. The predicted molar refractivity (Wildman–Crippen MR) is 143 cm³/mol. The average molecular weight is 540 g/mol. The van der Waals surface area contributed by atoms with Gasteiger partial charge in [-0.3, -0.25) is 9.69 Å². The van der Waals surface area contributed by atoms with Gasteiger partial charge in [-0.2, -0.15) is 4.31 Å². The molecule has 2 aromatic heterocycles. The van der Waals surface area contributed by atoms with E-state index in [4.69, 9.17) is 14.1 Å². The van der Waals surface area contributed by atoms with Crippen molar-refractivity contribution in [3.8, 4) is 5.75 Å². The van der Waals surface area contributed by atoms with Gasteiger partial charge in [-0.25, -0.2) is 13.4 Å². The van der Waals surface area contributed by atoms with Crippen LogP contribution >= 0.6 is 11.3 Å². The summed E-state index contributed by atoms with van der Waals surface area (Å²) in [4.78, 5) is 20.6. The van der Waals surface area contributed by atoms with Crippen LogP contribution in [0.15, 0.2) is 64.1 Å². The zero-order valence-corrected chi connectivity index (χ0v) is 22.6. The van der Waals surface area contributed by atoms with Crippen molar-refractivity contribution in [3.05, 3.63) is 71.7 Å². The van der Waals surface area contributed by atoms with E-state index in [0.717, 1.165) is 21.3 Å². The fourth-order valence-corrected chi connectivity index (χ4v) is 7.42. The second-order valence-electron chi connectivity index (χ2n) is 9.31. The van der Waals surface area contributed by atoms with Crippen LogP contribution in [0, 0.1) is 19.8 Å². The molecule has 1 unspecified atom stereocenters. The Kier molecular flexibility index (Phi) is 7.06. The Morgan fingerprint density at radius 3 is 2.70 bits per heavy atom. The maximum Gasteiger partial charge on any atom is 0.243 e. The number of hydrogen-bond acceptors (Lipinski definition) is 7. The number of fused-ring (bicyclic) bond motifs is 1. The Bertz CT molecular complexity index is 1510. The molecule has 3 heterocycles. The number of carbonyl (C=O) groups is 1. The molecule has 37 heavy (non-hydrogen) atoms. The first-order valence-corrected chi connectivity index (χ1v) is 14.4. The maximum atomic E-state index is 14.0. The first-order chi connectivity index (χ1) is 17.8. The minimum absolute atomic E-state index is 0.116. The first kappa shape index (κ1) is 25.4. The number of benzene rings is 2. The molecule has 1 fully saturated rings. The predicted octanol–water partition coefficient (Wildman–Crippen LogP) is 5.15. The lowest BCUT2D eigenvalue weighted by Crippen LogP contribution is -2.46. The minimum atomic E-state index is -3.75. The standard InChI is InChI=1S/C27H29N3O5S2/c1-18-14-19(2)25-24(15-18)36-27(28-25)30(17-22-7-5-13-35-22)26(31)20-6-4-12-29(16-20)37(32,33)23-10-8-21(34-3)9-11-23/h5,7-11,13-15,20H,4,6,12,16-17H2,1-3H3. The van der Waals surface area contributed by atoms with Gasteiger partial charge in [0.1, 0.15) is 11.5 Å². The van der Waals surface area contributed by atoms with Crippen molar-refractivity contribution in [1.82, 2.24) is 9.29 Å². The van der Waals surface area contributed by atoms with Crippen molar-refractivity contribution < 1.29 is 22.4 Å². The third-order valence-corrected chi connectivity index (χ3v) is 9.54. The Labute approximate surface area is 220 Å². The average Bonchev–Trinajstić information content (AvgIpc) is 3.57. The van der Waals surface area contributed by atoms with E-state index >= 15 is 0 Å². The van der Waals surface area contributed by atoms with E-state index in [1.165, 1.54) is 34.9 Å². The van der Waals surface area contributed by atoms with Crippen LogP contribution in [0.4, 0.5) is 5.13 Å². The molecule has 0 radical (unpaired) electrons. The number of nitrogens with zero attached hydrogens (tertiary/aromatic N) is 3. The van der Waals surface area contributed by atoms with Gasteiger partial charge in [0.25, 0.3) is 0 Å². The molecule has 0 aliphatic carbocycles. The summed E-state index contributed by atoms with van der Waals surface area (Å²) in [7, 11) is -2.21. The number of aromatic nitrogens is 1. The quantitative estimate of drug-likeness (QED) is 0.323. The minimum Gasteiger partial charge on any atom is -0.497 e. The number of piperidine rings is 1. The van der Waals surface area contributed by atoms with Crippen molar-refractivity contribution in [2.75, 3.05) is 25.1 Å². The molecule has 1 aliphatic heterocycles. The van der Waals surface area contributed by atoms with Gasteiger partial charge in [0, 0.05) is 13.1 Å². The number of rotatable bonds is 7. The summed E-state index contributed by atoms with van der Waals surface area (Å²) < 4.78 is 39.9. The Morgan fingerprint density at radius 1 is 1.22 bits per heavy atom. The molecular formula is C27H29N3O5S2. The van der Waals surface area contributed by atoms with Crippen LogP contribution in [0.3, 0.4) is 0 Å². The zero-order valence-electron chi connectivity index (χ0n) is 21.0. The van der Waals surface area contributed by atoms with Gasteiger partial charge in [0.2, 0.25) is 15.9 Å². The molecule has 8 nitrogen and oxygen atoms in total. The van der Waals surface area contributed by atoms with Crippen molar-refractivity contribution in [1.29, 1.82) is 0 Å². The third kappa shape index (κ3) is 5.14. The van der Waals surface area contributed by atoms with Crippen molar-refractivity contribution >= 4 is 42.6 Å². The van der Waals surface area contributed by atoms with Gasteiger partial charge in [0.05, 0.1) is 40.9 Å². The monoisotopic (exact) mass is 539 g/mol. The van der Waals surface area contributed by atoms with Gasteiger partial charge in [0.15, 0.2) is 5.13 Å². The molecule has 0 bridgehead atoms. The van der Waals surface area contributed by atoms with E-state index in [1.807, 2.05) is 19.9 Å².